The minimum absolute atomic E-state index is 0.665. The van der Waals surface area contributed by atoms with Crippen molar-refractivity contribution in [3.05, 3.63) is 23.8 Å². The molecule has 1 unspecified atom stereocenters. The van der Waals surface area contributed by atoms with Crippen molar-refractivity contribution in [2.45, 2.75) is 52.5 Å². The van der Waals surface area contributed by atoms with Gasteiger partial charge in [0.15, 0.2) is 0 Å². The number of hydrogen-bond acceptors (Lipinski definition) is 1. The van der Waals surface area contributed by atoms with E-state index in [9.17, 15) is 0 Å². The summed E-state index contributed by atoms with van der Waals surface area (Å²) in [5, 5.41) is 0. The molecule has 0 aromatic heterocycles. The Kier molecular flexibility index (Phi) is 5.70. The van der Waals surface area contributed by atoms with Gasteiger partial charge in [-0.25, -0.2) is 0 Å². The van der Waals surface area contributed by atoms with Crippen molar-refractivity contribution in [1.29, 1.82) is 0 Å². The van der Waals surface area contributed by atoms with Crippen LogP contribution in [0.15, 0.2) is 23.8 Å². The molecule has 0 aliphatic carbocycles. The van der Waals surface area contributed by atoms with Gasteiger partial charge in [0.2, 0.25) is 0 Å². The number of likely N-dealkylation sites (tertiary alicyclic amines) is 1. The zero-order chi connectivity index (χ0) is 11.1. The molecule has 86 valence electrons. The molecule has 0 aromatic carbocycles. The van der Waals surface area contributed by atoms with Crippen molar-refractivity contribution < 1.29 is 0 Å². The smallest absolute Gasteiger partial charge is 0.0344 e. The van der Waals surface area contributed by atoms with Crippen molar-refractivity contribution >= 4 is 0 Å². The van der Waals surface area contributed by atoms with E-state index < -0.39 is 0 Å². The fourth-order valence-corrected chi connectivity index (χ4v) is 2.48. The Labute approximate surface area is 94.9 Å². The predicted octanol–water partition coefficient (Wildman–Crippen LogP) is 3.77. The number of allylic oxidation sites excluding steroid dienone is 2. The molecular weight excluding hydrogens is 182 g/mol. The topological polar surface area (TPSA) is 3.24 Å². The number of hydrogen-bond donors (Lipinski definition) is 0. The van der Waals surface area contributed by atoms with Gasteiger partial charge in [0.05, 0.1) is 0 Å². The quantitative estimate of drug-likeness (QED) is 0.620. The average molecular weight is 207 g/mol. The molecule has 1 aliphatic heterocycles. The van der Waals surface area contributed by atoms with Crippen LogP contribution in [0.1, 0.15) is 46.5 Å². The minimum Gasteiger partial charge on any atom is -0.296 e. The number of rotatable bonds is 5. The van der Waals surface area contributed by atoms with Crippen molar-refractivity contribution in [2.75, 3.05) is 13.1 Å². The Morgan fingerprint density at radius 1 is 1.27 bits per heavy atom. The van der Waals surface area contributed by atoms with E-state index in [2.05, 4.69) is 43.9 Å². The second-order valence-electron chi connectivity index (χ2n) is 4.34. The molecule has 0 bridgehead atoms. The van der Waals surface area contributed by atoms with Gasteiger partial charge in [0.1, 0.15) is 0 Å². The van der Waals surface area contributed by atoms with Gasteiger partial charge in [-0.15, -0.1) is 0 Å². The molecule has 1 nitrogen and oxygen atoms in total. The zero-order valence-corrected chi connectivity index (χ0v) is 10.5. The van der Waals surface area contributed by atoms with Crippen LogP contribution >= 0.6 is 0 Å². The second-order valence-corrected chi connectivity index (χ2v) is 4.34. The Morgan fingerprint density at radius 3 is 2.40 bits per heavy atom. The molecular formula is C14H25N. The second kappa shape index (κ2) is 6.84. The van der Waals surface area contributed by atoms with Crippen molar-refractivity contribution in [3.63, 3.8) is 0 Å². The third-order valence-corrected chi connectivity index (χ3v) is 3.22. The summed E-state index contributed by atoms with van der Waals surface area (Å²) in [5.74, 6) is 0. The van der Waals surface area contributed by atoms with Gasteiger partial charge < -0.3 is 0 Å². The van der Waals surface area contributed by atoms with Crippen molar-refractivity contribution in [3.8, 4) is 0 Å². The van der Waals surface area contributed by atoms with Gasteiger partial charge in [-0.3, -0.25) is 4.90 Å². The summed E-state index contributed by atoms with van der Waals surface area (Å²) in [6.45, 7) is 9.13. The van der Waals surface area contributed by atoms with Crippen LogP contribution in [-0.2, 0) is 0 Å². The largest absolute Gasteiger partial charge is 0.296 e. The van der Waals surface area contributed by atoms with Gasteiger partial charge in [-0.2, -0.15) is 0 Å². The maximum Gasteiger partial charge on any atom is 0.0344 e. The lowest BCUT2D eigenvalue weighted by Crippen LogP contribution is -2.33. The molecule has 0 spiro atoms. The molecule has 0 amide bonds. The molecule has 1 aliphatic rings. The Hall–Kier alpha value is -0.560. The van der Waals surface area contributed by atoms with E-state index in [1.54, 1.807) is 0 Å². The van der Waals surface area contributed by atoms with Crippen LogP contribution in [0.3, 0.4) is 0 Å². The van der Waals surface area contributed by atoms with Crippen LogP contribution in [0.4, 0.5) is 0 Å². The molecule has 0 radical (unpaired) electrons. The monoisotopic (exact) mass is 207 g/mol. The molecule has 1 atom stereocenters. The first kappa shape index (κ1) is 12.5. The summed E-state index contributed by atoms with van der Waals surface area (Å²) in [6.07, 6.45) is 12.0. The summed E-state index contributed by atoms with van der Waals surface area (Å²) < 4.78 is 0. The highest BCUT2D eigenvalue weighted by Crippen LogP contribution is 2.22. The lowest BCUT2D eigenvalue weighted by Gasteiger charge is -2.28. The molecule has 1 fully saturated rings. The van der Waals surface area contributed by atoms with Gasteiger partial charge >= 0.3 is 0 Å². The zero-order valence-electron chi connectivity index (χ0n) is 10.5. The molecule has 1 rings (SSSR count). The maximum absolute atomic E-state index is 2.65. The maximum atomic E-state index is 2.65. The third-order valence-electron chi connectivity index (χ3n) is 3.22. The fourth-order valence-electron chi connectivity index (χ4n) is 2.48. The van der Waals surface area contributed by atoms with Crippen molar-refractivity contribution in [2.24, 2.45) is 0 Å². The Morgan fingerprint density at radius 2 is 1.93 bits per heavy atom. The molecule has 1 heteroatoms. The van der Waals surface area contributed by atoms with Crippen molar-refractivity contribution in [1.82, 2.24) is 4.90 Å². The highest BCUT2D eigenvalue weighted by atomic mass is 15.2. The molecule has 15 heavy (non-hydrogen) atoms. The first-order chi connectivity index (χ1) is 7.33. The highest BCUT2D eigenvalue weighted by Gasteiger charge is 2.22. The molecule has 0 saturated carbocycles. The first-order valence-electron chi connectivity index (χ1n) is 6.36. The van der Waals surface area contributed by atoms with E-state index in [4.69, 9.17) is 0 Å². The van der Waals surface area contributed by atoms with Crippen LogP contribution in [0.25, 0.3) is 0 Å². The molecule has 0 aromatic rings. The molecule has 0 N–H and O–H groups in total. The van der Waals surface area contributed by atoms with Crippen LogP contribution < -0.4 is 0 Å². The average Bonchev–Trinajstić information content (AvgIpc) is 2.76. The summed E-state index contributed by atoms with van der Waals surface area (Å²) >= 11 is 0. The summed E-state index contributed by atoms with van der Waals surface area (Å²) in [5.41, 5.74) is 1.50. The van der Waals surface area contributed by atoms with Gasteiger partial charge in [0.25, 0.3) is 0 Å². The minimum atomic E-state index is 0.665. The lowest BCUT2D eigenvalue weighted by molar-refractivity contribution is 0.263. The van der Waals surface area contributed by atoms with Gasteiger partial charge in [-0.1, -0.05) is 31.6 Å². The highest BCUT2D eigenvalue weighted by molar-refractivity contribution is 5.24. The SMILES string of the molecule is CC=CC(=CC)C(CCC)N1CCCC1. The normalized spacial score (nSPS) is 21.4. The van der Waals surface area contributed by atoms with Gasteiger partial charge in [-0.05, 0) is 51.8 Å². The third kappa shape index (κ3) is 3.49. The van der Waals surface area contributed by atoms with Crippen LogP contribution in [0, 0.1) is 0 Å². The summed E-state index contributed by atoms with van der Waals surface area (Å²) in [7, 11) is 0. The van der Waals surface area contributed by atoms with Crippen LogP contribution in [0.5, 0.6) is 0 Å². The van der Waals surface area contributed by atoms with E-state index in [-0.39, 0.29) is 0 Å². The molecule has 1 heterocycles. The van der Waals surface area contributed by atoms with Gasteiger partial charge in [0, 0.05) is 6.04 Å². The summed E-state index contributed by atoms with van der Waals surface area (Å²) in [4.78, 5) is 2.65. The van der Waals surface area contributed by atoms with Crippen LogP contribution in [-0.4, -0.2) is 24.0 Å². The fraction of sp³-hybridized carbons (Fsp3) is 0.714. The van der Waals surface area contributed by atoms with E-state index >= 15 is 0 Å². The molecule has 1 saturated heterocycles. The van der Waals surface area contributed by atoms with E-state index in [1.165, 1.54) is 44.3 Å². The Bertz CT molecular complexity index is 221. The van der Waals surface area contributed by atoms with E-state index in [0.29, 0.717) is 6.04 Å². The summed E-state index contributed by atoms with van der Waals surface area (Å²) in [6, 6.07) is 0.665. The van der Waals surface area contributed by atoms with E-state index in [0.717, 1.165) is 0 Å². The Balaban J connectivity index is 2.70. The lowest BCUT2D eigenvalue weighted by atomic mass is 10.00. The predicted molar refractivity (Wildman–Crippen MR) is 68.1 cm³/mol. The van der Waals surface area contributed by atoms with Crippen LogP contribution in [0.2, 0.25) is 0 Å². The standard InChI is InChI=1S/C14H25N/c1-4-9-13(6-3)14(10-5-2)15-11-7-8-12-15/h4,6,9,14H,5,7-8,10-12H2,1-3H3. The van der Waals surface area contributed by atoms with E-state index in [1.807, 2.05) is 0 Å². The first-order valence-corrected chi connectivity index (χ1v) is 6.36. The number of nitrogens with zero attached hydrogens (tertiary/aromatic N) is 1.